The number of benzene rings is 1. The van der Waals surface area contributed by atoms with E-state index < -0.39 is 0 Å². The number of hydrogen-bond donors (Lipinski definition) is 1. The highest BCUT2D eigenvalue weighted by molar-refractivity contribution is 6.32. The Balaban J connectivity index is 1.83. The number of carbonyl (C=O) groups excluding carboxylic acids is 1. The molecule has 0 aliphatic heterocycles. The van der Waals surface area contributed by atoms with Crippen molar-refractivity contribution >= 4 is 23.3 Å². The third-order valence-electron chi connectivity index (χ3n) is 4.28. The second-order valence-electron chi connectivity index (χ2n) is 5.75. The van der Waals surface area contributed by atoms with Gasteiger partial charge in [-0.05, 0) is 25.0 Å². The lowest BCUT2D eigenvalue weighted by Gasteiger charge is -2.15. The maximum atomic E-state index is 12.6. The number of nitrogens with zero attached hydrogens (tertiary/aromatic N) is 2. The zero-order valence-corrected chi connectivity index (χ0v) is 14.5. The monoisotopic (exact) mass is 349 g/mol. The molecule has 1 fully saturated rings. The van der Waals surface area contributed by atoms with E-state index in [0.29, 0.717) is 33.9 Å². The van der Waals surface area contributed by atoms with Crippen LogP contribution in [0.3, 0.4) is 0 Å². The van der Waals surface area contributed by atoms with E-state index in [2.05, 4.69) is 10.4 Å². The number of amides is 1. The van der Waals surface area contributed by atoms with Crippen molar-refractivity contribution in [3.05, 3.63) is 35.0 Å². The van der Waals surface area contributed by atoms with Crippen molar-refractivity contribution in [3.63, 3.8) is 0 Å². The van der Waals surface area contributed by atoms with Gasteiger partial charge in [0.05, 0.1) is 31.5 Å². The maximum Gasteiger partial charge on any atom is 0.257 e. The van der Waals surface area contributed by atoms with Crippen LogP contribution in [-0.2, 0) is 0 Å². The predicted octanol–water partition coefficient (Wildman–Crippen LogP) is 3.92. The zero-order chi connectivity index (χ0) is 17.1. The molecule has 0 atom stereocenters. The quantitative estimate of drug-likeness (QED) is 0.888. The van der Waals surface area contributed by atoms with Crippen LogP contribution < -0.4 is 14.8 Å². The van der Waals surface area contributed by atoms with Gasteiger partial charge >= 0.3 is 0 Å². The first kappa shape index (κ1) is 16.6. The van der Waals surface area contributed by atoms with E-state index in [1.165, 1.54) is 27.1 Å². The molecular weight excluding hydrogens is 330 g/mol. The molecule has 1 amide bonds. The molecule has 0 spiro atoms. The van der Waals surface area contributed by atoms with Gasteiger partial charge in [0.2, 0.25) is 0 Å². The lowest BCUT2D eigenvalue weighted by molar-refractivity contribution is 0.102. The first-order valence-electron chi connectivity index (χ1n) is 7.90. The van der Waals surface area contributed by atoms with Crippen molar-refractivity contribution in [1.82, 2.24) is 9.78 Å². The largest absolute Gasteiger partial charge is 0.493 e. The Morgan fingerprint density at radius 2 is 2.04 bits per heavy atom. The molecule has 24 heavy (non-hydrogen) atoms. The third-order valence-corrected chi connectivity index (χ3v) is 4.56. The molecule has 0 saturated heterocycles. The van der Waals surface area contributed by atoms with Crippen LogP contribution in [0.4, 0.5) is 5.82 Å². The van der Waals surface area contributed by atoms with Crippen LogP contribution in [-0.4, -0.2) is 29.9 Å². The summed E-state index contributed by atoms with van der Waals surface area (Å²) in [6.07, 6.45) is 6.28. The van der Waals surface area contributed by atoms with Gasteiger partial charge in [-0.25, -0.2) is 4.68 Å². The van der Waals surface area contributed by atoms with Gasteiger partial charge in [0.25, 0.3) is 5.91 Å². The Morgan fingerprint density at radius 1 is 1.29 bits per heavy atom. The van der Waals surface area contributed by atoms with Gasteiger partial charge in [-0.1, -0.05) is 24.4 Å². The van der Waals surface area contributed by atoms with Gasteiger partial charge in [0, 0.05) is 11.6 Å². The normalized spacial score (nSPS) is 14.6. The van der Waals surface area contributed by atoms with E-state index >= 15 is 0 Å². The summed E-state index contributed by atoms with van der Waals surface area (Å²) in [7, 11) is 3.01. The molecule has 1 saturated carbocycles. The van der Waals surface area contributed by atoms with Crippen molar-refractivity contribution in [2.75, 3.05) is 19.5 Å². The zero-order valence-electron chi connectivity index (χ0n) is 13.7. The molecule has 1 heterocycles. The molecule has 1 aliphatic rings. The fraction of sp³-hybridized carbons (Fsp3) is 0.412. The molecule has 1 aromatic heterocycles. The smallest absolute Gasteiger partial charge is 0.257 e. The summed E-state index contributed by atoms with van der Waals surface area (Å²) < 4.78 is 12.3. The average molecular weight is 350 g/mol. The first-order chi connectivity index (χ1) is 11.6. The Morgan fingerprint density at radius 3 is 2.71 bits per heavy atom. The molecule has 1 N–H and O–H groups in total. The third kappa shape index (κ3) is 3.19. The van der Waals surface area contributed by atoms with Crippen molar-refractivity contribution in [2.45, 2.75) is 31.7 Å². The van der Waals surface area contributed by atoms with Crippen LogP contribution in [0, 0.1) is 0 Å². The predicted molar refractivity (Wildman–Crippen MR) is 92.2 cm³/mol. The Kier molecular flexibility index (Phi) is 4.94. The Labute approximate surface area is 145 Å². The fourth-order valence-electron chi connectivity index (χ4n) is 3.09. The number of halogens is 1. The number of carbonyl (C=O) groups is 1. The minimum absolute atomic E-state index is 0.266. The van der Waals surface area contributed by atoms with Crippen molar-refractivity contribution in [3.8, 4) is 11.5 Å². The molecule has 0 radical (unpaired) electrons. The summed E-state index contributed by atoms with van der Waals surface area (Å²) in [6.45, 7) is 0. The van der Waals surface area contributed by atoms with Gasteiger partial charge in [-0.2, -0.15) is 5.10 Å². The summed E-state index contributed by atoms with van der Waals surface area (Å²) in [5, 5.41) is 7.59. The summed E-state index contributed by atoms with van der Waals surface area (Å²) in [6, 6.07) is 5.33. The van der Waals surface area contributed by atoms with Crippen LogP contribution in [0.5, 0.6) is 11.5 Å². The molecule has 2 aromatic rings. The van der Waals surface area contributed by atoms with Crippen molar-refractivity contribution in [2.24, 2.45) is 0 Å². The number of hydrogen-bond acceptors (Lipinski definition) is 4. The Bertz CT molecular complexity index is 739. The minimum atomic E-state index is -0.266. The van der Waals surface area contributed by atoms with Gasteiger partial charge in [0.15, 0.2) is 11.5 Å². The summed E-state index contributed by atoms with van der Waals surface area (Å²) >= 11 is 6.17. The highest BCUT2D eigenvalue weighted by Crippen LogP contribution is 2.36. The van der Waals surface area contributed by atoms with Crippen LogP contribution >= 0.6 is 11.6 Å². The van der Waals surface area contributed by atoms with Crippen LogP contribution in [0.2, 0.25) is 5.02 Å². The van der Waals surface area contributed by atoms with E-state index in [0.717, 1.165) is 12.8 Å². The molecule has 1 aliphatic carbocycles. The fourth-order valence-corrected chi connectivity index (χ4v) is 3.38. The van der Waals surface area contributed by atoms with Gasteiger partial charge in [-0.15, -0.1) is 0 Å². The second kappa shape index (κ2) is 7.13. The first-order valence-corrected chi connectivity index (χ1v) is 8.28. The number of aromatic nitrogens is 2. The SMILES string of the molecule is COc1cc(C(=O)Nc2ccnn2C2CCCC2)cc(Cl)c1OC. The van der Waals surface area contributed by atoms with Gasteiger partial charge in [-0.3, -0.25) is 4.79 Å². The molecule has 7 heteroatoms. The molecule has 0 bridgehead atoms. The minimum Gasteiger partial charge on any atom is -0.493 e. The lowest BCUT2D eigenvalue weighted by Crippen LogP contribution is -2.17. The summed E-state index contributed by atoms with van der Waals surface area (Å²) in [5.74, 6) is 1.25. The standard InChI is InChI=1S/C17H20ClN3O3/c1-23-14-10-11(9-13(18)16(14)24-2)17(22)20-15-7-8-19-21(15)12-5-3-4-6-12/h7-10,12H,3-6H2,1-2H3,(H,20,22). The lowest BCUT2D eigenvalue weighted by atomic mass is 10.2. The molecule has 6 nitrogen and oxygen atoms in total. The van der Waals surface area contributed by atoms with Crippen LogP contribution in [0.25, 0.3) is 0 Å². The van der Waals surface area contributed by atoms with Gasteiger partial charge in [0.1, 0.15) is 5.82 Å². The molecule has 3 rings (SSSR count). The molecule has 128 valence electrons. The van der Waals surface area contributed by atoms with E-state index in [1.54, 1.807) is 24.4 Å². The maximum absolute atomic E-state index is 12.6. The van der Waals surface area contributed by atoms with Crippen molar-refractivity contribution < 1.29 is 14.3 Å². The van der Waals surface area contributed by atoms with E-state index in [4.69, 9.17) is 21.1 Å². The van der Waals surface area contributed by atoms with Crippen molar-refractivity contribution in [1.29, 1.82) is 0 Å². The van der Waals surface area contributed by atoms with Crippen LogP contribution in [0.1, 0.15) is 42.1 Å². The second-order valence-corrected chi connectivity index (χ2v) is 6.15. The molecular formula is C17H20ClN3O3. The number of anilines is 1. The summed E-state index contributed by atoms with van der Waals surface area (Å²) in [4.78, 5) is 12.6. The highest BCUT2D eigenvalue weighted by Gasteiger charge is 2.21. The summed E-state index contributed by atoms with van der Waals surface area (Å²) in [5.41, 5.74) is 0.400. The number of rotatable bonds is 5. The van der Waals surface area contributed by atoms with E-state index in [9.17, 15) is 4.79 Å². The molecule has 1 aromatic carbocycles. The van der Waals surface area contributed by atoms with Gasteiger partial charge < -0.3 is 14.8 Å². The molecule has 0 unspecified atom stereocenters. The van der Waals surface area contributed by atoms with Crippen LogP contribution in [0.15, 0.2) is 24.4 Å². The Hall–Kier alpha value is -2.21. The number of nitrogens with one attached hydrogen (secondary N) is 1. The van der Waals surface area contributed by atoms with E-state index in [-0.39, 0.29) is 5.91 Å². The average Bonchev–Trinajstić information content (AvgIpc) is 3.24. The topological polar surface area (TPSA) is 65.4 Å². The van der Waals surface area contributed by atoms with E-state index in [1.807, 2.05) is 4.68 Å². The number of methoxy groups -OCH3 is 2. The highest BCUT2D eigenvalue weighted by atomic mass is 35.5. The number of ether oxygens (including phenoxy) is 2.